The van der Waals surface area contributed by atoms with Gasteiger partial charge in [0.05, 0.1) is 22.9 Å². The van der Waals surface area contributed by atoms with Crippen molar-refractivity contribution in [1.29, 1.82) is 0 Å². The smallest absolute Gasteiger partial charge is 0.412 e. The second-order valence-electron chi connectivity index (χ2n) is 6.61. The van der Waals surface area contributed by atoms with Gasteiger partial charge >= 0.3 is 6.09 Å². The first-order chi connectivity index (χ1) is 14.7. The zero-order chi connectivity index (χ0) is 23.0. The Kier molecular flexibility index (Phi) is 8.46. The third kappa shape index (κ3) is 6.22. The molecule has 1 amide bonds. The van der Waals surface area contributed by atoms with E-state index in [0.717, 1.165) is 5.56 Å². The number of sulfonamides is 1. The van der Waals surface area contributed by atoms with E-state index in [-0.39, 0.29) is 28.8 Å². The summed E-state index contributed by atoms with van der Waals surface area (Å²) in [5, 5.41) is 5.66. The van der Waals surface area contributed by atoms with Crippen molar-refractivity contribution in [2.45, 2.75) is 32.1 Å². The van der Waals surface area contributed by atoms with Gasteiger partial charge in [-0.05, 0) is 31.0 Å². The zero-order valence-corrected chi connectivity index (χ0v) is 18.8. The number of amides is 1. The second-order valence-corrected chi connectivity index (χ2v) is 8.55. The molecule has 0 unspecified atom stereocenters. The molecule has 2 rings (SSSR count). The van der Waals surface area contributed by atoms with Crippen molar-refractivity contribution in [3.05, 3.63) is 35.9 Å². The quantitative estimate of drug-likeness (QED) is 0.431. The summed E-state index contributed by atoms with van der Waals surface area (Å²) in [6.45, 7) is 6.91. The minimum Gasteiger partial charge on any atom is -0.450 e. The van der Waals surface area contributed by atoms with Gasteiger partial charge in [-0.3, -0.25) is 5.32 Å². The lowest BCUT2D eigenvalue weighted by Crippen LogP contribution is -2.30. The van der Waals surface area contributed by atoms with Crippen molar-refractivity contribution in [2.75, 3.05) is 48.3 Å². The number of benzene rings is 1. The summed E-state index contributed by atoms with van der Waals surface area (Å²) >= 11 is 0. The normalized spacial score (nSPS) is 11.4. The Morgan fingerprint density at radius 1 is 1.13 bits per heavy atom. The van der Waals surface area contributed by atoms with Crippen molar-refractivity contribution in [1.82, 2.24) is 9.29 Å². The molecule has 0 saturated heterocycles. The number of hydrogen-bond donors (Lipinski definition) is 4. The SMILES string of the molecule is CCOC(=O)Nc1cc(NCCc2ccc(S(=O)(=O)N(CC)CC)cc2)c(N)c(N)n1. The number of nitrogens with one attached hydrogen (secondary N) is 2. The number of nitrogens with two attached hydrogens (primary N) is 2. The van der Waals surface area contributed by atoms with Crippen LogP contribution in [0.25, 0.3) is 0 Å². The summed E-state index contributed by atoms with van der Waals surface area (Å²) in [5.41, 5.74) is 13.6. The summed E-state index contributed by atoms with van der Waals surface area (Å²) in [6, 6.07) is 8.38. The predicted octanol–water partition coefficient (Wildman–Crippen LogP) is 2.50. The largest absolute Gasteiger partial charge is 0.450 e. The molecule has 0 radical (unpaired) electrons. The van der Waals surface area contributed by atoms with Gasteiger partial charge < -0.3 is 21.5 Å². The standard InChI is InChI=1S/C20H30N6O4S/c1-4-26(5-2)31(28,29)15-9-7-14(8-10-15)11-12-23-16-13-17(24-19(22)18(16)21)25-20(27)30-6-3/h7-10,13H,4-6,11-12,21H2,1-3H3,(H4,22,23,24,25,27). The minimum atomic E-state index is -3.48. The van der Waals surface area contributed by atoms with Gasteiger partial charge in [-0.15, -0.1) is 0 Å². The number of nitrogens with zero attached hydrogens (tertiary/aromatic N) is 2. The van der Waals surface area contributed by atoms with Gasteiger partial charge in [0.2, 0.25) is 10.0 Å². The topological polar surface area (TPSA) is 153 Å². The fourth-order valence-electron chi connectivity index (χ4n) is 2.94. The van der Waals surface area contributed by atoms with Crippen molar-refractivity contribution < 1.29 is 17.9 Å². The molecular weight excluding hydrogens is 420 g/mol. The summed E-state index contributed by atoms with van der Waals surface area (Å²) in [4.78, 5) is 15.9. The highest BCUT2D eigenvalue weighted by Crippen LogP contribution is 2.27. The third-order valence-electron chi connectivity index (χ3n) is 4.59. The van der Waals surface area contributed by atoms with Crippen LogP contribution < -0.4 is 22.1 Å². The zero-order valence-electron chi connectivity index (χ0n) is 18.0. The summed E-state index contributed by atoms with van der Waals surface area (Å²) in [5.74, 6) is 0.307. The first-order valence-corrected chi connectivity index (χ1v) is 11.5. The first kappa shape index (κ1) is 24.2. The van der Waals surface area contributed by atoms with E-state index in [9.17, 15) is 13.2 Å². The molecule has 0 spiro atoms. The molecule has 0 aliphatic carbocycles. The van der Waals surface area contributed by atoms with Crippen LogP contribution in [0.1, 0.15) is 26.3 Å². The molecule has 1 heterocycles. The molecule has 11 heteroatoms. The van der Waals surface area contributed by atoms with Crippen molar-refractivity contribution in [2.24, 2.45) is 0 Å². The van der Waals surface area contributed by atoms with Crippen LogP contribution in [-0.4, -0.2) is 50.0 Å². The molecule has 0 aliphatic rings. The summed E-state index contributed by atoms with van der Waals surface area (Å²) in [6.07, 6.45) is -0.0154. The number of anilines is 4. The van der Waals surface area contributed by atoms with E-state index in [0.29, 0.717) is 31.7 Å². The van der Waals surface area contributed by atoms with E-state index < -0.39 is 16.1 Å². The van der Waals surface area contributed by atoms with Crippen LogP contribution in [-0.2, 0) is 21.2 Å². The van der Waals surface area contributed by atoms with Crippen LogP contribution in [0.4, 0.5) is 27.8 Å². The molecule has 2 aromatic rings. The number of carbonyl (C=O) groups is 1. The van der Waals surface area contributed by atoms with E-state index in [1.807, 2.05) is 13.8 Å². The highest BCUT2D eigenvalue weighted by Gasteiger charge is 2.21. The van der Waals surface area contributed by atoms with Crippen LogP contribution >= 0.6 is 0 Å². The lowest BCUT2D eigenvalue weighted by Gasteiger charge is -2.18. The molecular formula is C20H30N6O4S. The fraction of sp³-hybridized carbons (Fsp3) is 0.400. The summed E-state index contributed by atoms with van der Waals surface area (Å²) < 4.78 is 31.4. The average molecular weight is 451 g/mol. The van der Waals surface area contributed by atoms with Crippen LogP contribution in [0.15, 0.2) is 35.2 Å². The van der Waals surface area contributed by atoms with Crippen LogP contribution in [0.2, 0.25) is 0 Å². The van der Waals surface area contributed by atoms with Gasteiger partial charge in [0, 0.05) is 25.7 Å². The Balaban J connectivity index is 2.03. The molecule has 0 atom stereocenters. The van der Waals surface area contributed by atoms with E-state index >= 15 is 0 Å². The highest BCUT2D eigenvalue weighted by atomic mass is 32.2. The Labute approximate surface area is 183 Å². The molecule has 0 aliphatic heterocycles. The van der Waals surface area contributed by atoms with Crippen molar-refractivity contribution >= 4 is 39.1 Å². The van der Waals surface area contributed by atoms with Gasteiger partial charge in [-0.2, -0.15) is 4.31 Å². The molecule has 170 valence electrons. The third-order valence-corrected chi connectivity index (χ3v) is 6.65. The summed E-state index contributed by atoms with van der Waals surface area (Å²) in [7, 11) is -3.48. The number of rotatable bonds is 10. The van der Waals surface area contributed by atoms with Crippen molar-refractivity contribution in [3.63, 3.8) is 0 Å². The van der Waals surface area contributed by atoms with Gasteiger partial charge in [0.25, 0.3) is 0 Å². The monoisotopic (exact) mass is 450 g/mol. The molecule has 31 heavy (non-hydrogen) atoms. The van der Waals surface area contributed by atoms with Gasteiger partial charge in [0.1, 0.15) is 5.82 Å². The molecule has 0 fully saturated rings. The number of nitrogen functional groups attached to an aromatic ring is 2. The number of aromatic nitrogens is 1. The minimum absolute atomic E-state index is 0.0859. The Morgan fingerprint density at radius 2 is 1.77 bits per heavy atom. The predicted molar refractivity (Wildman–Crippen MR) is 122 cm³/mol. The lowest BCUT2D eigenvalue weighted by molar-refractivity contribution is 0.168. The van der Waals surface area contributed by atoms with Crippen LogP contribution in [0, 0.1) is 0 Å². The Hall–Kier alpha value is -3.05. The van der Waals surface area contributed by atoms with Crippen LogP contribution in [0.5, 0.6) is 0 Å². The Morgan fingerprint density at radius 3 is 2.35 bits per heavy atom. The molecule has 0 bridgehead atoms. The van der Waals surface area contributed by atoms with Crippen molar-refractivity contribution in [3.8, 4) is 0 Å². The number of carbonyl (C=O) groups excluding carboxylic acids is 1. The lowest BCUT2D eigenvalue weighted by atomic mass is 10.1. The highest BCUT2D eigenvalue weighted by molar-refractivity contribution is 7.89. The van der Waals surface area contributed by atoms with Crippen LogP contribution in [0.3, 0.4) is 0 Å². The average Bonchev–Trinajstić information content (AvgIpc) is 2.72. The second kappa shape index (κ2) is 10.8. The number of pyridine rings is 1. The molecule has 1 aromatic heterocycles. The molecule has 10 nitrogen and oxygen atoms in total. The van der Waals surface area contributed by atoms with E-state index in [1.54, 1.807) is 37.3 Å². The molecule has 1 aromatic carbocycles. The fourth-order valence-corrected chi connectivity index (χ4v) is 4.40. The maximum atomic E-state index is 12.6. The van der Waals surface area contributed by atoms with Gasteiger partial charge in [0.15, 0.2) is 5.82 Å². The number of hydrogen-bond acceptors (Lipinski definition) is 8. The van der Waals surface area contributed by atoms with E-state index in [2.05, 4.69) is 15.6 Å². The molecule has 6 N–H and O–H groups in total. The molecule has 0 saturated carbocycles. The van der Waals surface area contributed by atoms with Gasteiger partial charge in [-0.1, -0.05) is 26.0 Å². The maximum Gasteiger partial charge on any atom is 0.412 e. The van der Waals surface area contributed by atoms with Gasteiger partial charge in [-0.25, -0.2) is 18.2 Å². The maximum absolute atomic E-state index is 12.6. The number of ether oxygens (including phenoxy) is 1. The Bertz CT molecular complexity index is 991. The first-order valence-electron chi connectivity index (χ1n) is 10.1. The van der Waals surface area contributed by atoms with E-state index in [1.165, 1.54) is 4.31 Å². The van der Waals surface area contributed by atoms with E-state index in [4.69, 9.17) is 16.2 Å².